The van der Waals surface area contributed by atoms with E-state index in [1.54, 1.807) is 0 Å². The van der Waals surface area contributed by atoms with Gasteiger partial charge in [0.2, 0.25) is 0 Å². The highest BCUT2D eigenvalue weighted by Crippen LogP contribution is 2.37. The molecule has 1 heterocycles. The molecule has 0 aromatic heterocycles. The van der Waals surface area contributed by atoms with E-state index in [1.807, 2.05) is 17.8 Å². The highest BCUT2D eigenvalue weighted by Gasteiger charge is 2.29. The molecule has 0 spiro atoms. The Kier molecular flexibility index (Phi) is 5.17. The maximum absolute atomic E-state index is 6.53. The van der Waals surface area contributed by atoms with Crippen LogP contribution >= 0.6 is 23.4 Å². The van der Waals surface area contributed by atoms with Crippen LogP contribution in [0.5, 0.6) is 0 Å². The summed E-state index contributed by atoms with van der Waals surface area (Å²) in [5.74, 6) is 1.16. The van der Waals surface area contributed by atoms with Gasteiger partial charge in [-0.1, -0.05) is 23.7 Å². The first-order chi connectivity index (χ1) is 9.68. The van der Waals surface area contributed by atoms with Crippen molar-refractivity contribution in [2.75, 3.05) is 23.7 Å². The highest BCUT2D eigenvalue weighted by molar-refractivity contribution is 8.00. The van der Waals surface area contributed by atoms with E-state index in [0.717, 1.165) is 30.4 Å². The summed E-state index contributed by atoms with van der Waals surface area (Å²) in [7, 11) is 0. The Morgan fingerprint density at radius 2 is 2.05 bits per heavy atom. The van der Waals surface area contributed by atoms with E-state index >= 15 is 0 Å². The van der Waals surface area contributed by atoms with Crippen LogP contribution in [-0.2, 0) is 6.54 Å². The molecule has 2 nitrogen and oxygen atoms in total. The van der Waals surface area contributed by atoms with Crippen LogP contribution in [0.2, 0.25) is 5.02 Å². The Labute approximate surface area is 138 Å². The zero-order valence-corrected chi connectivity index (χ0v) is 15.4. The number of benzene rings is 1. The molecule has 1 aliphatic heterocycles. The first kappa shape index (κ1) is 17.0. The lowest BCUT2D eigenvalue weighted by Gasteiger charge is -2.40. The SMILES string of the molecule is CC(C)(C)NCc1cccc(Cl)c1N1CCSC(C)(C)C1. The first-order valence-corrected chi connectivity index (χ1v) is 8.96. The van der Waals surface area contributed by atoms with Crippen molar-refractivity contribution in [2.45, 2.75) is 51.4 Å². The van der Waals surface area contributed by atoms with Crippen LogP contribution in [0, 0.1) is 0 Å². The predicted octanol–water partition coefficient (Wildman–Crippen LogP) is 4.56. The molecule has 2 rings (SSSR count). The van der Waals surface area contributed by atoms with Gasteiger partial charge in [-0.15, -0.1) is 0 Å². The lowest BCUT2D eigenvalue weighted by molar-refractivity contribution is 0.424. The molecule has 0 saturated carbocycles. The molecule has 0 bridgehead atoms. The fourth-order valence-corrected chi connectivity index (χ4v) is 4.05. The van der Waals surface area contributed by atoms with E-state index in [1.165, 1.54) is 11.3 Å². The molecule has 0 radical (unpaired) electrons. The molecular formula is C17H27ClN2S. The van der Waals surface area contributed by atoms with Gasteiger partial charge in [0.25, 0.3) is 0 Å². The summed E-state index contributed by atoms with van der Waals surface area (Å²) < 4.78 is 0.284. The molecule has 21 heavy (non-hydrogen) atoms. The minimum absolute atomic E-state index is 0.108. The summed E-state index contributed by atoms with van der Waals surface area (Å²) in [6.45, 7) is 14.2. The zero-order chi connectivity index (χ0) is 15.7. The number of nitrogens with zero attached hydrogens (tertiary/aromatic N) is 1. The summed E-state index contributed by atoms with van der Waals surface area (Å²) in [4.78, 5) is 2.46. The van der Waals surface area contributed by atoms with Crippen LogP contribution in [0.1, 0.15) is 40.2 Å². The van der Waals surface area contributed by atoms with Crippen LogP contribution in [-0.4, -0.2) is 29.1 Å². The van der Waals surface area contributed by atoms with Gasteiger partial charge in [-0.25, -0.2) is 0 Å². The third-order valence-electron chi connectivity index (χ3n) is 3.62. The summed E-state index contributed by atoms with van der Waals surface area (Å²) in [6, 6.07) is 6.25. The molecule has 0 amide bonds. The molecule has 1 aromatic rings. The maximum Gasteiger partial charge on any atom is 0.0642 e. The second-order valence-electron chi connectivity index (χ2n) is 7.38. The number of thioether (sulfide) groups is 1. The molecule has 1 fully saturated rings. The van der Waals surface area contributed by atoms with Crippen molar-refractivity contribution in [3.05, 3.63) is 28.8 Å². The van der Waals surface area contributed by atoms with Crippen molar-refractivity contribution in [2.24, 2.45) is 0 Å². The normalized spacial score (nSPS) is 18.9. The van der Waals surface area contributed by atoms with Crippen LogP contribution in [0.4, 0.5) is 5.69 Å². The van der Waals surface area contributed by atoms with Crippen molar-refractivity contribution in [3.8, 4) is 0 Å². The quantitative estimate of drug-likeness (QED) is 0.876. The van der Waals surface area contributed by atoms with Crippen molar-refractivity contribution in [1.82, 2.24) is 5.32 Å². The molecule has 1 saturated heterocycles. The van der Waals surface area contributed by atoms with E-state index < -0.39 is 0 Å². The fourth-order valence-electron chi connectivity index (χ4n) is 2.62. The minimum atomic E-state index is 0.108. The Balaban J connectivity index is 2.25. The monoisotopic (exact) mass is 326 g/mol. The lowest BCUT2D eigenvalue weighted by atomic mass is 10.1. The largest absolute Gasteiger partial charge is 0.368 e. The highest BCUT2D eigenvalue weighted by atomic mass is 35.5. The van der Waals surface area contributed by atoms with Gasteiger partial charge in [-0.3, -0.25) is 0 Å². The fraction of sp³-hybridized carbons (Fsp3) is 0.647. The first-order valence-electron chi connectivity index (χ1n) is 7.59. The second-order valence-corrected chi connectivity index (χ2v) is 9.59. The number of rotatable bonds is 3. The average molecular weight is 327 g/mol. The molecule has 0 aliphatic carbocycles. The topological polar surface area (TPSA) is 15.3 Å². The summed E-state index contributed by atoms with van der Waals surface area (Å²) in [6.07, 6.45) is 0. The van der Waals surface area contributed by atoms with Gasteiger partial charge in [0.05, 0.1) is 10.7 Å². The summed E-state index contributed by atoms with van der Waals surface area (Å²) >= 11 is 8.58. The molecule has 1 N–H and O–H groups in total. The van der Waals surface area contributed by atoms with Gasteiger partial charge in [0.1, 0.15) is 0 Å². The van der Waals surface area contributed by atoms with Crippen LogP contribution < -0.4 is 10.2 Å². The smallest absolute Gasteiger partial charge is 0.0642 e. The van der Waals surface area contributed by atoms with E-state index in [2.05, 4.69) is 57.0 Å². The van der Waals surface area contributed by atoms with Crippen LogP contribution in [0.15, 0.2) is 18.2 Å². The molecule has 1 aromatic carbocycles. The van der Waals surface area contributed by atoms with E-state index in [-0.39, 0.29) is 10.3 Å². The van der Waals surface area contributed by atoms with Gasteiger partial charge in [0.15, 0.2) is 0 Å². The van der Waals surface area contributed by atoms with Crippen LogP contribution in [0.25, 0.3) is 0 Å². The standard InChI is InChI=1S/C17H27ClN2S/c1-16(2,3)19-11-13-7-6-8-14(18)15(13)20-9-10-21-17(4,5)12-20/h6-8,19H,9-12H2,1-5H3. The van der Waals surface area contributed by atoms with Gasteiger partial charge < -0.3 is 10.2 Å². The molecule has 0 atom stereocenters. The van der Waals surface area contributed by atoms with Crippen molar-refractivity contribution >= 4 is 29.1 Å². The zero-order valence-electron chi connectivity index (χ0n) is 13.8. The molecule has 4 heteroatoms. The molecular weight excluding hydrogens is 300 g/mol. The lowest BCUT2D eigenvalue weighted by Crippen LogP contribution is -2.44. The maximum atomic E-state index is 6.53. The van der Waals surface area contributed by atoms with Gasteiger partial charge in [-0.05, 0) is 46.2 Å². The number of nitrogens with one attached hydrogen (secondary N) is 1. The Morgan fingerprint density at radius 1 is 1.33 bits per heavy atom. The third-order valence-corrected chi connectivity index (χ3v) is 5.22. The predicted molar refractivity (Wildman–Crippen MR) is 96.8 cm³/mol. The van der Waals surface area contributed by atoms with Crippen molar-refractivity contribution in [3.63, 3.8) is 0 Å². The minimum Gasteiger partial charge on any atom is -0.368 e. The Hall–Kier alpha value is -0.380. The number of halogens is 1. The second kappa shape index (κ2) is 6.39. The van der Waals surface area contributed by atoms with Gasteiger partial charge in [0, 0.05) is 35.7 Å². The number of anilines is 1. The average Bonchev–Trinajstić information content (AvgIpc) is 2.34. The molecule has 0 unspecified atom stereocenters. The van der Waals surface area contributed by atoms with E-state index in [4.69, 9.17) is 11.6 Å². The van der Waals surface area contributed by atoms with E-state index in [0.29, 0.717) is 0 Å². The van der Waals surface area contributed by atoms with Crippen molar-refractivity contribution in [1.29, 1.82) is 0 Å². The number of hydrogen-bond acceptors (Lipinski definition) is 3. The summed E-state index contributed by atoms with van der Waals surface area (Å²) in [5, 5.41) is 4.44. The molecule has 118 valence electrons. The number of hydrogen-bond donors (Lipinski definition) is 1. The van der Waals surface area contributed by atoms with E-state index in [9.17, 15) is 0 Å². The number of para-hydroxylation sites is 1. The summed E-state index contributed by atoms with van der Waals surface area (Å²) in [5.41, 5.74) is 2.61. The van der Waals surface area contributed by atoms with Crippen molar-refractivity contribution < 1.29 is 0 Å². The Bertz CT molecular complexity index is 494. The molecule has 1 aliphatic rings. The van der Waals surface area contributed by atoms with Gasteiger partial charge >= 0.3 is 0 Å². The Morgan fingerprint density at radius 3 is 2.67 bits per heavy atom. The van der Waals surface area contributed by atoms with Crippen LogP contribution in [0.3, 0.4) is 0 Å². The third kappa shape index (κ3) is 4.80. The van der Waals surface area contributed by atoms with Gasteiger partial charge in [-0.2, -0.15) is 11.8 Å².